The monoisotopic (exact) mass is 889 g/mol. The first-order valence-corrected chi connectivity index (χ1v) is 24.3. The van der Waals surface area contributed by atoms with Crippen molar-refractivity contribution in [2.45, 2.75) is 5.41 Å². The number of hydrogen-bond donors (Lipinski definition) is 0. The van der Waals surface area contributed by atoms with E-state index in [1.807, 2.05) is 0 Å². The Morgan fingerprint density at radius 1 is 0.243 bits per heavy atom. The van der Waals surface area contributed by atoms with Gasteiger partial charge >= 0.3 is 0 Å². The quantitative estimate of drug-likeness (QED) is 0.168. The molecular formula is C67H43N3. The fourth-order valence-electron chi connectivity index (χ4n) is 12.4. The topological polar surface area (TPSA) is 13.1 Å². The summed E-state index contributed by atoms with van der Waals surface area (Å²) in [7, 11) is 0. The van der Waals surface area contributed by atoms with Crippen LogP contribution in [0.3, 0.4) is 0 Å². The van der Waals surface area contributed by atoms with Crippen molar-refractivity contribution in [1.82, 2.24) is 9.13 Å². The molecule has 13 aromatic rings. The number of benzene rings is 11. The Hall–Kier alpha value is -9.18. The lowest BCUT2D eigenvalue weighted by Crippen LogP contribution is -2.36. The van der Waals surface area contributed by atoms with E-state index < -0.39 is 5.41 Å². The minimum Gasteiger partial charge on any atom is -0.310 e. The number of anilines is 3. The van der Waals surface area contributed by atoms with E-state index in [2.05, 4.69) is 275 Å². The molecule has 0 fully saturated rings. The molecule has 3 heterocycles. The summed E-state index contributed by atoms with van der Waals surface area (Å²) < 4.78 is 4.99. The highest BCUT2D eigenvalue weighted by atomic mass is 15.2. The van der Waals surface area contributed by atoms with E-state index in [1.165, 1.54) is 111 Å². The van der Waals surface area contributed by atoms with Crippen LogP contribution in [0, 0.1) is 0 Å². The highest BCUT2D eigenvalue weighted by Gasteiger charge is 2.52. The second-order valence-corrected chi connectivity index (χ2v) is 18.8. The maximum absolute atomic E-state index is 2.56. The lowest BCUT2D eigenvalue weighted by Gasteiger charge is -2.45. The van der Waals surface area contributed by atoms with Gasteiger partial charge in [0.2, 0.25) is 0 Å². The van der Waals surface area contributed by atoms with Crippen molar-refractivity contribution in [3.8, 4) is 44.8 Å². The number of hydrogen-bond acceptors (Lipinski definition) is 1. The van der Waals surface area contributed by atoms with Crippen LogP contribution >= 0.6 is 0 Å². The molecule has 70 heavy (non-hydrogen) atoms. The third-order valence-corrected chi connectivity index (χ3v) is 15.3. The Morgan fingerprint density at radius 2 is 0.671 bits per heavy atom. The lowest BCUT2D eigenvalue weighted by atomic mass is 9.64. The fraction of sp³-hybridized carbons (Fsp3) is 0.0149. The van der Waals surface area contributed by atoms with Crippen LogP contribution < -0.4 is 4.90 Å². The highest BCUT2D eigenvalue weighted by molar-refractivity contribution is 6.16. The first-order chi connectivity index (χ1) is 34.7. The maximum atomic E-state index is 2.56. The normalized spacial score (nSPS) is 13.2. The number of aromatic nitrogens is 2. The molecular weight excluding hydrogens is 847 g/mol. The average Bonchev–Trinajstić information content (AvgIpc) is 4.04. The van der Waals surface area contributed by atoms with Gasteiger partial charge in [0, 0.05) is 38.6 Å². The highest BCUT2D eigenvalue weighted by Crippen LogP contribution is 2.65. The minimum atomic E-state index is -0.683. The van der Waals surface area contributed by atoms with Crippen molar-refractivity contribution in [1.29, 1.82) is 0 Å². The predicted octanol–water partition coefficient (Wildman–Crippen LogP) is 17.4. The summed E-state index contributed by atoms with van der Waals surface area (Å²) >= 11 is 0. The van der Waals surface area contributed by atoms with Crippen LogP contribution in [0.25, 0.3) is 88.4 Å². The molecule has 1 aliphatic heterocycles. The van der Waals surface area contributed by atoms with E-state index in [1.54, 1.807) is 0 Å². The van der Waals surface area contributed by atoms with Crippen LogP contribution in [-0.4, -0.2) is 9.13 Å². The van der Waals surface area contributed by atoms with Crippen molar-refractivity contribution in [3.63, 3.8) is 0 Å². The molecule has 0 N–H and O–H groups in total. The van der Waals surface area contributed by atoms with E-state index in [4.69, 9.17) is 0 Å². The van der Waals surface area contributed by atoms with Gasteiger partial charge in [-0.3, -0.25) is 0 Å². The average molecular weight is 890 g/mol. The third kappa shape index (κ3) is 5.40. The number of rotatable bonds is 5. The molecule has 0 atom stereocenters. The van der Waals surface area contributed by atoms with Gasteiger partial charge in [0.15, 0.2) is 0 Å². The molecule has 3 nitrogen and oxygen atoms in total. The molecule has 11 aromatic carbocycles. The van der Waals surface area contributed by atoms with E-state index in [9.17, 15) is 0 Å². The summed E-state index contributed by atoms with van der Waals surface area (Å²) in [5, 5.41) is 4.97. The summed E-state index contributed by atoms with van der Waals surface area (Å²) in [4.78, 5) is 2.47. The van der Waals surface area contributed by atoms with E-state index >= 15 is 0 Å². The van der Waals surface area contributed by atoms with E-state index in [-0.39, 0.29) is 0 Å². The smallest absolute Gasteiger partial charge is 0.0755 e. The molecule has 2 aliphatic rings. The lowest BCUT2D eigenvalue weighted by molar-refractivity contribution is 0.754. The van der Waals surface area contributed by atoms with Crippen LogP contribution in [0.4, 0.5) is 17.1 Å². The molecule has 0 saturated heterocycles. The SMILES string of the molecule is c1ccc(-c2ccc(-n3c4ccccc4c4cc5c(cc43)C3(c4cc6c(cc4-5)c4ccccc4n6-c4cccc(-c5ccccc5)c4)c4ccccc4N(c4ccccc4)c4ccccc43)cc2)cc1. The van der Waals surface area contributed by atoms with Gasteiger partial charge in [0.25, 0.3) is 0 Å². The molecule has 15 rings (SSSR count). The first kappa shape index (κ1) is 38.9. The number of fused-ring (bicyclic) bond motifs is 15. The zero-order valence-electron chi connectivity index (χ0n) is 38.2. The Labute approximate surface area is 406 Å². The number of para-hydroxylation sites is 5. The van der Waals surface area contributed by atoms with Crippen molar-refractivity contribution in [2.24, 2.45) is 0 Å². The van der Waals surface area contributed by atoms with Gasteiger partial charge in [0.05, 0.1) is 38.9 Å². The number of nitrogens with zero attached hydrogens (tertiary/aromatic N) is 3. The van der Waals surface area contributed by atoms with Crippen molar-refractivity contribution in [3.05, 3.63) is 283 Å². The fourth-order valence-corrected chi connectivity index (χ4v) is 12.4. The Morgan fingerprint density at radius 3 is 1.24 bits per heavy atom. The third-order valence-electron chi connectivity index (χ3n) is 15.3. The summed E-state index contributed by atoms with van der Waals surface area (Å²) in [5.74, 6) is 0. The molecule has 0 amide bonds. The molecule has 0 radical (unpaired) electrons. The van der Waals surface area contributed by atoms with Gasteiger partial charge in [-0.25, -0.2) is 0 Å². The molecule has 326 valence electrons. The molecule has 1 spiro atoms. The minimum absolute atomic E-state index is 0.683. The summed E-state index contributed by atoms with van der Waals surface area (Å²) in [6, 6.07) is 96.8. The molecule has 0 saturated carbocycles. The molecule has 2 aromatic heterocycles. The standard InChI is InChI=1S/C67H43N3/c1-4-19-44(20-5-1)46-35-37-49(38-36-46)68-61-31-14-10-27-51(61)55-40-53-54-41-56-52-28-11-15-32-62(52)70(50-26-18-23-47(39-50)45-21-6-2-7-22-45)66(56)43-60(54)67(59(53)42-65(55)68)57-29-12-16-33-63(57)69(48-24-8-3-9-25-48)64-34-17-13-30-58(64)67/h1-43H. The van der Waals surface area contributed by atoms with Gasteiger partial charge in [-0.2, -0.15) is 0 Å². The summed E-state index contributed by atoms with van der Waals surface area (Å²) in [6.45, 7) is 0. The van der Waals surface area contributed by atoms with Crippen LogP contribution in [0.1, 0.15) is 22.3 Å². The van der Waals surface area contributed by atoms with Crippen molar-refractivity contribution in [2.75, 3.05) is 4.90 Å². The summed E-state index contributed by atoms with van der Waals surface area (Å²) in [6.07, 6.45) is 0. The zero-order chi connectivity index (χ0) is 45.9. The van der Waals surface area contributed by atoms with E-state index in [0.29, 0.717) is 0 Å². The van der Waals surface area contributed by atoms with Crippen LogP contribution in [0.15, 0.2) is 261 Å². The Balaban J connectivity index is 1.07. The van der Waals surface area contributed by atoms with Crippen LogP contribution in [0.5, 0.6) is 0 Å². The molecule has 3 heteroatoms. The van der Waals surface area contributed by atoms with Gasteiger partial charge in [-0.15, -0.1) is 0 Å². The Kier molecular flexibility index (Phi) is 8.28. The zero-order valence-corrected chi connectivity index (χ0v) is 38.2. The predicted molar refractivity (Wildman–Crippen MR) is 292 cm³/mol. The van der Waals surface area contributed by atoms with Crippen LogP contribution in [0.2, 0.25) is 0 Å². The van der Waals surface area contributed by atoms with Gasteiger partial charge < -0.3 is 14.0 Å². The second kappa shape index (κ2) is 14.9. The van der Waals surface area contributed by atoms with Crippen molar-refractivity contribution >= 4 is 60.7 Å². The van der Waals surface area contributed by atoms with Gasteiger partial charge in [-0.1, -0.05) is 176 Å². The van der Waals surface area contributed by atoms with Crippen molar-refractivity contribution < 1.29 is 0 Å². The first-order valence-electron chi connectivity index (χ1n) is 24.3. The van der Waals surface area contributed by atoms with E-state index in [0.717, 1.165) is 17.1 Å². The second-order valence-electron chi connectivity index (χ2n) is 18.8. The van der Waals surface area contributed by atoms with Crippen LogP contribution in [-0.2, 0) is 5.41 Å². The molecule has 0 unspecified atom stereocenters. The van der Waals surface area contributed by atoms with Gasteiger partial charge in [-0.05, 0) is 141 Å². The summed E-state index contributed by atoms with van der Waals surface area (Å²) in [5.41, 5.74) is 22.3. The van der Waals surface area contributed by atoms with Gasteiger partial charge in [0.1, 0.15) is 0 Å². The Bertz CT molecular complexity index is 4170. The molecule has 1 aliphatic carbocycles. The maximum Gasteiger partial charge on any atom is 0.0755 e. The molecule has 0 bridgehead atoms. The largest absolute Gasteiger partial charge is 0.310 e.